The van der Waals surface area contributed by atoms with Gasteiger partial charge in [-0.05, 0) is 35.2 Å². The molecule has 5 heteroatoms. The summed E-state index contributed by atoms with van der Waals surface area (Å²) in [4.78, 5) is 6.12. The fraction of sp³-hybridized carbons (Fsp3) is 0.188. The molecule has 184 valence electrons. The van der Waals surface area contributed by atoms with Crippen LogP contribution < -0.4 is 14.1 Å². The molecule has 0 spiro atoms. The lowest BCUT2D eigenvalue weighted by Crippen LogP contribution is -2.54. The molecular formula is C32H29N3O2. The van der Waals surface area contributed by atoms with Gasteiger partial charge in [-0.2, -0.15) is 0 Å². The van der Waals surface area contributed by atoms with E-state index in [1.807, 2.05) is 53.1 Å². The molecule has 1 aliphatic heterocycles. The van der Waals surface area contributed by atoms with Gasteiger partial charge in [0.2, 0.25) is 6.20 Å². The van der Waals surface area contributed by atoms with Gasteiger partial charge in [0.15, 0.2) is 5.75 Å². The Morgan fingerprint density at radius 3 is 2.46 bits per heavy atom. The fourth-order valence-electron chi connectivity index (χ4n) is 5.10. The van der Waals surface area contributed by atoms with E-state index in [1.165, 1.54) is 21.7 Å². The molecule has 1 N–H and O–H groups in total. The molecule has 1 aliphatic rings. The minimum Gasteiger partial charge on any atom is -0.517 e. The number of pyridine rings is 1. The predicted molar refractivity (Wildman–Crippen MR) is 141 cm³/mol. The molecule has 0 saturated heterocycles. The van der Waals surface area contributed by atoms with Crippen LogP contribution in [0.4, 0.5) is 0 Å². The van der Waals surface area contributed by atoms with Crippen molar-refractivity contribution in [2.24, 2.45) is 0 Å². The second-order valence-corrected chi connectivity index (χ2v) is 10.6. The van der Waals surface area contributed by atoms with Gasteiger partial charge in [-0.15, -0.1) is 6.07 Å². The first-order valence-electron chi connectivity index (χ1n) is 12.4. The molecule has 37 heavy (non-hydrogen) atoms. The van der Waals surface area contributed by atoms with Crippen LogP contribution in [-0.4, -0.2) is 9.67 Å². The standard InChI is InChI=1S/C32H29N3O2/c1-31(2)27-15-6-7-16-28(27)35-22-33(21-30(35)32(31,3)4)24-12-9-13-25(19-24)37-34-18-10-11-23(20-34)26-14-5-8-17-29(26)36/h5-19,21,36H,1-4H3. The second-order valence-electron chi connectivity index (χ2n) is 10.6. The van der Waals surface area contributed by atoms with E-state index in [1.54, 1.807) is 18.3 Å². The highest BCUT2D eigenvalue weighted by atomic mass is 16.7. The summed E-state index contributed by atoms with van der Waals surface area (Å²) in [7, 11) is 0. The van der Waals surface area contributed by atoms with Crippen molar-refractivity contribution >= 4 is 0 Å². The zero-order valence-corrected chi connectivity index (χ0v) is 21.4. The van der Waals surface area contributed by atoms with Crippen molar-refractivity contribution in [2.45, 2.75) is 38.5 Å². The molecule has 6 rings (SSSR count). The molecule has 0 radical (unpaired) electrons. The highest BCUT2D eigenvalue weighted by Gasteiger charge is 2.46. The first-order chi connectivity index (χ1) is 17.8. The minimum atomic E-state index is -0.106. The van der Waals surface area contributed by atoms with Crippen LogP contribution in [0.2, 0.25) is 0 Å². The zero-order chi connectivity index (χ0) is 25.8. The topological polar surface area (TPSA) is 42.1 Å². The molecule has 0 amide bonds. The summed E-state index contributed by atoms with van der Waals surface area (Å²) in [5.41, 5.74) is 5.93. The smallest absolute Gasteiger partial charge is 0.269 e. The molecular weight excluding hydrogens is 458 g/mol. The number of aromatic nitrogens is 3. The Kier molecular flexibility index (Phi) is 5.19. The lowest BCUT2D eigenvalue weighted by Gasteiger charge is -2.47. The number of aromatic hydroxyl groups is 1. The number of nitrogens with zero attached hydrogens (tertiary/aromatic N) is 3. The molecule has 3 heterocycles. The minimum absolute atomic E-state index is 0.0424. The first kappa shape index (κ1) is 23.0. The molecule has 0 aliphatic carbocycles. The monoisotopic (exact) mass is 487 g/mol. The van der Waals surface area contributed by atoms with Crippen molar-refractivity contribution in [1.29, 1.82) is 0 Å². The summed E-state index contributed by atoms with van der Waals surface area (Å²) < 4.78 is 5.75. The number of benzene rings is 3. The second kappa shape index (κ2) is 8.34. The van der Waals surface area contributed by atoms with Gasteiger partial charge in [0, 0.05) is 17.7 Å². The van der Waals surface area contributed by atoms with Crippen molar-refractivity contribution in [3.05, 3.63) is 121 Å². The fourth-order valence-corrected chi connectivity index (χ4v) is 5.10. The summed E-state index contributed by atoms with van der Waals surface area (Å²) in [6.45, 7) is 9.24. The van der Waals surface area contributed by atoms with E-state index >= 15 is 0 Å². The van der Waals surface area contributed by atoms with Gasteiger partial charge in [-0.1, -0.05) is 92.1 Å². The van der Waals surface area contributed by atoms with Crippen molar-refractivity contribution in [1.82, 2.24) is 4.57 Å². The third-order valence-electron chi connectivity index (χ3n) is 7.93. The quantitative estimate of drug-likeness (QED) is 0.272. The van der Waals surface area contributed by atoms with Gasteiger partial charge in [0.1, 0.15) is 6.20 Å². The number of fused-ring (bicyclic) bond motifs is 3. The SMILES string of the molecule is CC1(C)c2ccccc2-[n+]2[c-]n(-c3cccc(O[n+]4[c-]c(-c5ccccc5O)ccc4)c3)cc2C1(C)C. The van der Waals surface area contributed by atoms with Crippen molar-refractivity contribution in [3.63, 3.8) is 0 Å². The Bertz CT molecular complexity index is 1630. The highest BCUT2D eigenvalue weighted by Crippen LogP contribution is 2.47. The molecule has 0 bridgehead atoms. The van der Waals surface area contributed by atoms with Crippen LogP contribution in [0.5, 0.6) is 11.5 Å². The van der Waals surface area contributed by atoms with Gasteiger partial charge in [0.25, 0.3) is 6.33 Å². The van der Waals surface area contributed by atoms with Crippen molar-refractivity contribution < 1.29 is 19.2 Å². The summed E-state index contributed by atoms with van der Waals surface area (Å²) in [5, 5.41) is 10.2. The van der Waals surface area contributed by atoms with E-state index in [4.69, 9.17) is 4.84 Å². The van der Waals surface area contributed by atoms with E-state index in [0.29, 0.717) is 11.3 Å². The average Bonchev–Trinajstić information content (AvgIpc) is 3.35. The Labute approximate surface area is 217 Å². The number of phenolic OH excluding ortho intramolecular Hbond substituents is 1. The highest BCUT2D eigenvalue weighted by molar-refractivity contribution is 5.68. The van der Waals surface area contributed by atoms with Gasteiger partial charge in [-0.25, -0.2) is 4.84 Å². The molecule has 0 saturated carbocycles. The predicted octanol–water partition coefficient (Wildman–Crippen LogP) is 5.43. The third-order valence-corrected chi connectivity index (χ3v) is 7.93. The molecule has 0 atom stereocenters. The first-order valence-corrected chi connectivity index (χ1v) is 12.4. The van der Waals surface area contributed by atoms with Crippen LogP contribution in [0.3, 0.4) is 0 Å². The van der Waals surface area contributed by atoms with Crippen molar-refractivity contribution in [3.8, 4) is 34.0 Å². The van der Waals surface area contributed by atoms with Gasteiger partial charge in [0.05, 0.1) is 22.8 Å². The van der Waals surface area contributed by atoms with Crippen LogP contribution in [0, 0.1) is 12.5 Å². The van der Waals surface area contributed by atoms with Crippen LogP contribution in [0.25, 0.3) is 22.5 Å². The van der Waals surface area contributed by atoms with Crippen LogP contribution in [-0.2, 0) is 10.8 Å². The Hall–Kier alpha value is -4.38. The number of para-hydroxylation sites is 2. The number of phenols is 1. The van der Waals surface area contributed by atoms with Gasteiger partial charge < -0.3 is 5.11 Å². The number of hydrogen-bond donors (Lipinski definition) is 1. The summed E-state index contributed by atoms with van der Waals surface area (Å²) in [6, 6.07) is 27.5. The molecule has 3 aromatic carbocycles. The normalized spacial score (nSPS) is 15.0. The molecule has 5 aromatic rings. The van der Waals surface area contributed by atoms with E-state index in [2.05, 4.69) is 75.2 Å². The van der Waals surface area contributed by atoms with E-state index < -0.39 is 0 Å². The average molecular weight is 488 g/mol. The van der Waals surface area contributed by atoms with Crippen LogP contribution >= 0.6 is 0 Å². The lowest BCUT2D eigenvalue weighted by atomic mass is 9.60. The van der Waals surface area contributed by atoms with Crippen LogP contribution in [0.1, 0.15) is 39.0 Å². The molecule has 5 nitrogen and oxygen atoms in total. The maximum Gasteiger partial charge on any atom is 0.269 e. The molecule has 0 unspecified atom stereocenters. The third kappa shape index (κ3) is 3.70. The van der Waals surface area contributed by atoms with Crippen molar-refractivity contribution in [2.75, 3.05) is 0 Å². The summed E-state index contributed by atoms with van der Waals surface area (Å²) in [6.07, 6.45) is 10.7. The lowest BCUT2D eigenvalue weighted by molar-refractivity contribution is -0.878. The zero-order valence-electron chi connectivity index (χ0n) is 21.4. The van der Waals surface area contributed by atoms with E-state index in [9.17, 15) is 5.11 Å². The largest absolute Gasteiger partial charge is 0.517 e. The Morgan fingerprint density at radius 2 is 1.62 bits per heavy atom. The number of hydrogen-bond acceptors (Lipinski definition) is 2. The summed E-state index contributed by atoms with van der Waals surface area (Å²) in [5.74, 6) is 0.869. The molecule has 0 fully saturated rings. The van der Waals surface area contributed by atoms with E-state index in [-0.39, 0.29) is 16.6 Å². The van der Waals surface area contributed by atoms with Crippen LogP contribution in [0.15, 0.2) is 97.3 Å². The maximum atomic E-state index is 10.2. The van der Waals surface area contributed by atoms with E-state index in [0.717, 1.165) is 11.3 Å². The summed E-state index contributed by atoms with van der Waals surface area (Å²) >= 11 is 0. The Morgan fingerprint density at radius 1 is 0.838 bits per heavy atom. The van der Waals surface area contributed by atoms with Gasteiger partial charge >= 0.3 is 0 Å². The van der Waals surface area contributed by atoms with Gasteiger partial charge in [-0.3, -0.25) is 9.13 Å². The Balaban J connectivity index is 1.36. The maximum absolute atomic E-state index is 10.2. The number of imidazole rings is 1. The molecule has 2 aromatic heterocycles. The number of rotatable bonds is 4.